The van der Waals surface area contributed by atoms with Crippen molar-refractivity contribution in [2.45, 2.75) is 12.8 Å². The summed E-state index contributed by atoms with van der Waals surface area (Å²) < 4.78 is 48.4. The normalized spacial score (nSPS) is 29.9. The molecule has 0 aliphatic carbocycles. The van der Waals surface area contributed by atoms with E-state index in [0.29, 0.717) is 25.9 Å². The van der Waals surface area contributed by atoms with Gasteiger partial charge in [-0.2, -0.15) is 0 Å². The first-order valence-corrected chi connectivity index (χ1v) is 10.2. The Hall–Kier alpha value is -0.510. The maximum Gasteiger partial charge on any atom is 0.211 e. The molecule has 2 atom stereocenters. The Bertz CT molecular complexity index is 546. The highest BCUT2D eigenvalue weighted by atomic mass is 32.2. The van der Waals surface area contributed by atoms with Crippen molar-refractivity contribution in [2.75, 3.05) is 38.7 Å². The van der Waals surface area contributed by atoms with Gasteiger partial charge in [0.25, 0.3) is 0 Å². The van der Waals surface area contributed by atoms with Crippen molar-refractivity contribution in [3.63, 3.8) is 0 Å². The van der Waals surface area contributed by atoms with Gasteiger partial charge in [0.15, 0.2) is 0 Å². The van der Waals surface area contributed by atoms with Crippen LogP contribution in [0.25, 0.3) is 0 Å². The van der Waals surface area contributed by atoms with Crippen LogP contribution in [0.5, 0.6) is 0 Å². The number of Topliss-reactive ketones (excluding diaryl/α,β-unsaturated/α-hetero) is 1. The van der Waals surface area contributed by atoms with Crippen molar-refractivity contribution in [2.24, 2.45) is 11.8 Å². The fourth-order valence-corrected chi connectivity index (χ4v) is 4.63. The third-order valence-corrected chi connectivity index (χ3v) is 6.58. The molecule has 0 amide bonds. The minimum absolute atomic E-state index is 0.00213. The molecule has 2 aliphatic rings. The van der Waals surface area contributed by atoms with Gasteiger partial charge in [-0.25, -0.2) is 25.4 Å². The van der Waals surface area contributed by atoms with E-state index in [-0.39, 0.29) is 30.7 Å². The number of sulfonamides is 2. The third kappa shape index (κ3) is 3.38. The monoisotopic (exact) mass is 324 g/mol. The molecule has 7 nitrogen and oxygen atoms in total. The van der Waals surface area contributed by atoms with Gasteiger partial charge in [-0.15, -0.1) is 0 Å². The lowest BCUT2D eigenvalue weighted by Gasteiger charge is -2.16. The molecular weight excluding hydrogens is 304 g/mol. The van der Waals surface area contributed by atoms with Gasteiger partial charge in [0, 0.05) is 38.0 Å². The summed E-state index contributed by atoms with van der Waals surface area (Å²) in [5, 5.41) is 0. The Kier molecular flexibility index (Phi) is 4.25. The maximum atomic E-state index is 12.3. The van der Waals surface area contributed by atoms with E-state index in [1.807, 2.05) is 0 Å². The van der Waals surface area contributed by atoms with Crippen molar-refractivity contribution >= 4 is 25.8 Å². The molecule has 2 unspecified atom stereocenters. The van der Waals surface area contributed by atoms with Crippen molar-refractivity contribution < 1.29 is 21.6 Å². The topological polar surface area (TPSA) is 91.8 Å². The summed E-state index contributed by atoms with van der Waals surface area (Å²) in [6.07, 6.45) is 3.34. The molecule has 0 aromatic rings. The Balaban J connectivity index is 1.98. The molecule has 2 heterocycles. The summed E-state index contributed by atoms with van der Waals surface area (Å²) in [7, 11) is -6.50. The zero-order chi connectivity index (χ0) is 15.1. The first-order chi connectivity index (χ1) is 9.09. The maximum absolute atomic E-state index is 12.3. The van der Waals surface area contributed by atoms with Crippen molar-refractivity contribution in [1.82, 2.24) is 8.61 Å². The zero-order valence-corrected chi connectivity index (χ0v) is 13.3. The van der Waals surface area contributed by atoms with E-state index in [1.54, 1.807) is 0 Å². The number of nitrogens with zero attached hydrogens (tertiary/aromatic N) is 2. The summed E-state index contributed by atoms with van der Waals surface area (Å²) in [6, 6.07) is 0. The number of hydrogen-bond acceptors (Lipinski definition) is 5. The molecule has 2 aliphatic heterocycles. The molecule has 0 saturated carbocycles. The first-order valence-electron chi connectivity index (χ1n) is 6.53. The average molecular weight is 324 g/mol. The second-order valence-electron chi connectivity index (χ2n) is 5.62. The van der Waals surface area contributed by atoms with Crippen molar-refractivity contribution in [3.05, 3.63) is 0 Å². The van der Waals surface area contributed by atoms with Crippen LogP contribution in [0, 0.1) is 11.8 Å². The van der Waals surface area contributed by atoms with Crippen molar-refractivity contribution in [3.8, 4) is 0 Å². The standard InChI is InChI=1S/C11H20N2O5S2/c1-19(15,16)12-5-3-9(7-12)11(14)10-4-6-13(8-10)20(2,17)18/h9-10H,3-8H2,1-2H3. The summed E-state index contributed by atoms with van der Waals surface area (Å²) in [5.74, 6) is -0.592. The minimum atomic E-state index is -3.25. The summed E-state index contributed by atoms with van der Waals surface area (Å²) >= 11 is 0. The van der Waals surface area contributed by atoms with Gasteiger partial charge in [-0.05, 0) is 12.8 Å². The lowest BCUT2D eigenvalue weighted by atomic mass is 9.91. The number of carbonyl (C=O) groups is 1. The molecular formula is C11H20N2O5S2. The SMILES string of the molecule is CS(=O)(=O)N1CCC(C(=O)C2CCN(S(C)(=O)=O)C2)C1. The van der Waals surface area contributed by atoms with E-state index in [4.69, 9.17) is 0 Å². The number of ketones is 1. The third-order valence-electron chi connectivity index (χ3n) is 4.04. The van der Waals surface area contributed by atoms with Gasteiger partial charge in [-0.3, -0.25) is 4.79 Å². The average Bonchev–Trinajstić information content (AvgIpc) is 2.96. The second kappa shape index (κ2) is 5.36. The van der Waals surface area contributed by atoms with Crippen LogP contribution in [0.4, 0.5) is 0 Å². The predicted molar refractivity (Wildman–Crippen MR) is 74.1 cm³/mol. The minimum Gasteiger partial charge on any atom is -0.299 e. The highest BCUT2D eigenvalue weighted by molar-refractivity contribution is 7.88. The molecule has 0 bridgehead atoms. The van der Waals surface area contributed by atoms with E-state index in [2.05, 4.69) is 0 Å². The molecule has 9 heteroatoms. The van der Waals surface area contributed by atoms with Crippen LogP contribution in [-0.4, -0.2) is 69.9 Å². The van der Waals surface area contributed by atoms with Gasteiger partial charge >= 0.3 is 0 Å². The molecule has 2 rings (SSSR count). The lowest BCUT2D eigenvalue weighted by Crippen LogP contribution is -2.33. The first kappa shape index (κ1) is 15.9. The van der Waals surface area contributed by atoms with Crippen LogP contribution in [0.3, 0.4) is 0 Å². The van der Waals surface area contributed by atoms with Crippen LogP contribution in [-0.2, 0) is 24.8 Å². The number of carbonyl (C=O) groups excluding carboxylic acids is 1. The summed E-state index contributed by atoms with van der Waals surface area (Å²) in [4.78, 5) is 12.3. The fraction of sp³-hybridized carbons (Fsp3) is 0.909. The Labute approximate surface area is 120 Å². The molecule has 0 aromatic heterocycles. The lowest BCUT2D eigenvalue weighted by molar-refractivity contribution is -0.125. The van der Waals surface area contributed by atoms with Crippen LogP contribution >= 0.6 is 0 Å². The molecule has 0 spiro atoms. The molecule has 2 saturated heterocycles. The predicted octanol–water partition coefficient (Wildman–Crippen LogP) is -0.881. The second-order valence-corrected chi connectivity index (χ2v) is 9.58. The van der Waals surface area contributed by atoms with Crippen LogP contribution in [0.15, 0.2) is 0 Å². The molecule has 20 heavy (non-hydrogen) atoms. The van der Waals surface area contributed by atoms with Crippen LogP contribution in [0.1, 0.15) is 12.8 Å². The quantitative estimate of drug-likeness (QED) is 0.669. The smallest absolute Gasteiger partial charge is 0.211 e. The largest absolute Gasteiger partial charge is 0.299 e. The van der Waals surface area contributed by atoms with E-state index in [9.17, 15) is 21.6 Å². The van der Waals surface area contributed by atoms with Gasteiger partial charge < -0.3 is 0 Å². The van der Waals surface area contributed by atoms with Crippen LogP contribution < -0.4 is 0 Å². The highest BCUT2D eigenvalue weighted by Crippen LogP contribution is 2.27. The number of hydrogen-bond donors (Lipinski definition) is 0. The van der Waals surface area contributed by atoms with Gasteiger partial charge in [0.05, 0.1) is 12.5 Å². The molecule has 2 fully saturated rings. The fourth-order valence-electron chi connectivity index (χ4n) is 2.86. The molecule has 0 N–H and O–H groups in total. The molecule has 0 aromatic carbocycles. The summed E-state index contributed by atoms with van der Waals surface area (Å²) in [6.45, 7) is 1.20. The van der Waals surface area contributed by atoms with E-state index < -0.39 is 20.0 Å². The Morgan fingerprint density at radius 2 is 1.20 bits per heavy atom. The van der Waals surface area contributed by atoms with Crippen molar-refractivity contribution in [1.29, 1.82) is 0 Å². The highest BCUT2D eigenvalue weighted by Gasteiger charge is 2.39. The Morgan fingerprint density at radius 1 is 0.850 bits per heavy atom. The van der Waals surface area contributed by atoms with Crippen LogP contribution in [0.2, 0.25) is 0 Å². The van der Waals surface area contributed by atoms with Gasteiger partial charge in [0.1, 0.15) is 5.78 Å². The molecule has 116 valence electrons. The van der Waals surface area contributed by atoms with Gasteiger partial charge in [-0.1, -0.05) is 0 Å². The van der Waals surface area contributed by atoms with E-state index in [1.165, 1.54) is 8.61 Å². The number of rotatable bonds is 4. The van der Waals surface area contributed by atoms with Gasteiger partial charge in [0.2, 0.25) is 20.0 Å². The molecule has 0 radical (unpaired) electrons. The zero-order valence-electron chi connectivity index (χ0n) is 11.6. The van der Waals surface area contributed by atoms with E-state index in [0.717, 1.165) is 12.5 Å². The Morgan fingerprint density at radius 3 is 1.45 bits per heavy atom. The summed E-state index contributed by atoms with van der Waals surface area (Å²) in [5.41, 5.74) is 0. The van der Waals surface area contributed by atoms with E-state index >= 15 is 0 Å².